The number of aliphatic carboxylic acids is 1. The smallest absolute Gasteiger partial charge is 0.320 e. The number of ether oxygens (including phenoxy) is 1. The van der Waals surface area contributed by atoms with Gasteiger partial charge in [-0.15, -0.1) is 0 Å². The Balaban J connectivity index is 2.66. The average Bonchev–Trinajstić information content (AvgIpc) is 1.97. The van der Waals surface area contributed by atoms with Crippen molar-refractivity contribution in [3.05, 3.63) is 0 Å². The standard InChI is InChI=1S/C8H13NO4/c1-8(2)5-13-7(12)4-9(8)3-6(10)11/h3-5H2,1-2H3,(H,10,11). The van der Waals surface area contributed by atoms with E-state index in [1.165, 1.54) is 0 Å². The second-order valence-corrected chi connectivity index (χ2v) is 3.72. The zero-order valence-corrected chi connectivity index (χ0v) is 7.74. The number of carboxylic acids is 1. The van der Waals surface area contributed by atoms with Gasteiger partial charge in [0.05, 0.1) is 18.6 Å². The van der Waals surface area contributed by atoms with Crippen molar-refractivity contribution >= 4 is 11.9 Å². The maximum atomic E-state index is 10.9. The van der Waals surface area contributed by atoms with Crippen molar-refractivity contribution in [1.29, 1.82) is 0 Å². The van der Waals surface area contributed by atoms with Gasteiger partial charge >= 0.3 is 11.9 Å². The van der Waals surface area contributed by atoms with Crippen molar-refractivity contribution in [2.24, 2.45) is 0 Å². The van der Waals surface area contributed by atoms with E-state index in [0.29, 0.717) is 0 Å². The molecule has 0 aromatic rings. The molecule has 1 rings (SSSR count). The highest BCUT2D eigenvalue weighted by molar-refractivity contribution is 5.75. The Bertz CT molecular complexity index is 234. The first-order valence-electron chi connectivity index (χ1n) is 4.04. The van der Waals surface area contributed by atoms with E-state index < -0.39 is 5.97 Å². The van der Waals surface area contributed by atoms with E-state index in [1.54, 1.807) is 4.90 Å². The Hall–Kier alpha value is -1.10. The van der Waals surface area contributed by atoms with Crippen molar-refractivity contribution in [3.8, 4) is 0 Å². The molecule has 1 aliphatic heterocycles. The van der Waals surface area contributed by atoms with Crippen LogP contribution in [0.3, 0.4) is 0 Å². The Labute approximate surface area is 76.3 Å². The molecule has 0 atom stereocenters. The number of nitrogens with zero attached hydrogens (tertiary/aromatic N) is 1. The summed E-state index contributed by atoms with van der Waals surface area (Å²) >= 11 is 0. The van der Waals surface area contributed by atoms with E-state index in [0.717, 1.165) is 0 Å². The van der Waals surface area contributed by atoms with Crippen molar-refractivity contribution < 1.29 is 19.4 Å². The van der Waals surface area contributed by atoms with Gasteiger partial charge in [0, 0.05) is 0 Å². The van der Waals surface area contributed by atoms with E-state index in [2.05, 4.69) is 0 Å². The second kappa shape index (κ2) is 3.33. The largest absolute Gasteiger partial charge is 0.480 e. The van der Waals surface area contributed by atoms with E-state index in [4.69, 9.17) is 9.84 Å². The third kappa shape index (κ3) is 2.42. The molecule has 0 saturated carbocycles. The number of carbonyl (C=O) groups excluding carboxylic acids is 1. The number of morpholine rings is 1. The number of rotatable bonds is 2. The summed E-state index contributed by atoms with van der Waals surface area (Å²) in [4.78, 5) is 23.0. The molecule has 1 aliphatic rings. The summed E-state index contributed by atoms with van der Waals surface area (Å²) in [5.41, 5.74) is -0.383. The summed E-state index contributed by atoms with van der Waals surface area (Å²) in [6.07, 6.45) is 0. The lowest BCUT2D eigenvalue weighted by Gasteiger charge is -2.39. The number of cyclic esters (lactones) is 1. The molecule has 0 spiro atoms. The zero-order chi connectivity index (χ0) is 10.1. The number of hydrogen-bond acceptors (Lipinski definition) is 4. The van der Waals surface area contributed by atoms with Gasteiger partial charge in [0.2, 0.25) is 0 Å². The van der Waals surface area contributed by atoms with Crippen LogP contribution in [0, 0.1) is 0 Å². The minimum absolute atomic E-state index is 0.0549. The number of carboxylic acid groups (broad SMARTS) is 1. The Morgan fingerprint density at radius 3 is 2.85 bits per heavy atom. The predicted octanol–water partition coefficient (Wildman–Crippen LogP) is -0.292. The fourth-order valence-electron chi connectivity index (χ4n) is 1.20. The van der Waals surface area contributed by atoms with Gasteiger partial charge < -0.3 is 9.84 Å². The van der Waals surface area contributed by atoms with Crippen LogP contribution in [0.5, 0.6) is 0 Å². The maximum absolute atomic E-state index is 10.9. The summed E-state index contributed by atoms with van der Waals surface area (Å²) < 4.78 is 4.83. The van der Waals surface area contributed by atoms with Gasteiger partial charge in [-0.05, 0) is 13.8 Å². The topological polar surface area (TPSA) is 66.8 Å². The molecule has 0 aromatic carbocycles. The lowest BCUT2D eigenvalue weighted by Crippen LogP contribution is -2.56. The molecule has 0 bridgehead atoms. The molecule has 0 amide bonds. The molecular weight excluding hydrogens is 174 g/mol. The summed E-state index contributed by atoms with van der Waals surface area (Å²) in [5.74, 6) is -1.29. The summed E-state index contributed by atoms with van der Waals surface area (Å²) in [6.45, 7) is 3.88. The molecule has 1 saturated heterocycles. The molecule has 0 aromatic heterocycles. The number of esters is 1. The first-order valence-corrected chi connectivity index (χ1v) is 4.04. The molecule has 74 valence electrons. The minimum atomic E-state index is -0.928. The molecule has 1 heterocycles. The molecule has 1 N–H and O–H groups in total. The van der Waals surface area contributed by atoms with Gasteiger partial charge in [0.1, 0.15) is 6.61 Å². The third-order valence-corrected chi connectivity index (χ3v) is 2.09. The minimum Gasteiger partial charge on any atom is -0.480 e. The molecule has 1 fully saturated rings. The fraction of sp³-hybridized carbons (Fsp3) is 0.750. The average molecular weight is 187 g/mol. The Kier molecular flexibility index (Phi) is 2.56. The van der Waals surface area contributed by atoms with Crippen LogP contribution in [0.1, 0.15) is 13.8 Å². The zero-order valence-electron chi connectivity index (χ0n) is 7.74. The molecule has 0 unspecified atom stereocenters. The maximum Gasteiger partial charge on any atom is 0.320 e. The van der Waals surface area contributed by atoms with Gasteiger partial charge in [-0.1, -0.05) is 0 Å². The molecule has 0 radical (unpaired) electrons. The fourth-order valence-corrected chi connectivity index (χ4v) is 1.20. The molecule has 5 heteroatoms. The Morgan fingerprint density at radius 1 is 1.69 bits per heavy atom. The van der Waals surface area contributed by atoms with Crippen molar-refractivity contribution in [1.82, 2.24) is 4.90 Å². The van der Waals surface area contributed by atoms with Crippen LogP contribution in [-0.4, -0.2) is 47.2 Å². The van der Waals surface area contributed by atoms with E-state index in [9.17, 15) is 9.59 Å². The van der Waals surface area contributed by atoms with Crippen molar-refractivity contribution in [2.75, 3.05) is 19.7 Å². The van der Waals surface area contributed by atoms with Crippen LogP contribution in [0.25, 0.3) is 0 Å². The molecule has 13 heavy (non-hydrogen) atoms. The van der Waals surface area contributed by atoms with Crippen LogP contribution < -0.4 is 0 Å². The van der Waals surface area contributed by atoms with E-state index >= 15 is 0 Å². The van der Waals surface area contributed by atoms with Crippen LogP contribution in [0.2, 0.25) is 0 Å². The number of hydrogen-bond donors (Lipinski definition) is 1. The van der Waals surface area contributed by atoms with Gasteiger partial charge in [0.25, 0.3) is 0 Å². The summed E-state index contributed by atoms with van der Waals surface area (Å²) in [6, 6.07) is 0. The van der Waals surface area contributed by atoms with E-state index in [1.807, 2.05) is 13.8 Å². The summed E-state index contributed by atoms with van der Waals surface area (Å²) in [7, 11) is 0. The second-order valence-electron chi connectivity index (χ2n) is 3.72. The highest BCUT2D eigenvalue weighted by Gasteiger charge is 2.35. The highest BCUT2D eigenvalue weighted by atomic mass is 16.5. The van der Waals surface area contributed by atoms with Gasteiger partial charge in [-0.2, -0.15) is 0 Å². The van der Waals surface area contributed by atoms with Gasteiger partial charge in [-0.25, -0.2) is 0 Å². The van der Waals surface area contributed by atoms with Crippen LogP contribution in [0.15, 0.2) is 0 Å². The van der Waals surface area contributed by atoms with Gasteiger partial charge in [0.15, 0.2) is 0 Å². The van der Waals surface area contributed by atoms with Gasteiger partial charge in [-0.3, -0.25) is 14.5 Å². The van der Waals surface area contributed by atoms with E-state index in [-0.39, 0.29) is 31.2 Å². The SMILES string of the molecule is CC1(C)COC(=O)CN1CC(=O)O. The van der Waals surface area contributed by atoms with Crippen LogP contribution >= 0.6 is 0 Å². The van der Waals surface area contributed by atoms with Crippen LogP contribution in [0.4, 0.5) is 0 Å². The first kappa shape index (κ1) is 9.98. The first-order chi connectivity index (χ1) is 5.92. The molecule has 5 nitrogen and oxygen atoms in total. The number of carbonyl (C=O) groups is 2. The monoisotopic (exact) mass is 187 g/mol. The normalized spacial score (nSPS) is 22.5. The third-order valence-electron chi connectivity index (χ3n) is 2.09. The van der Waals surface area contributed by atoms with Crippen molar-refractivity contribution in [3.63, 3.8) is 0 Å². The quantitative estimate of drug-likeness (QED) is 0.601. The Morgan fingerprint density at radius 2 is 2.31 bits per heavy atom. The van der Waals surface area contributed by atoms with Crippen LogP contribution in [-0.2, 0) is 14.3 Å². The highest BCUT2D eigenvalue weighted by Crippen LogP contribution is 2.18. The molecular formula is C8H13NO4. The molecule has 0 aliphatic carbocycles. The predicted molar refractivity (Wildman–Crippen MR) is 44.2 cm³/mol. The van der Waals surface area contributed by atoms with Crippen molar-refractivity contribution in [2.45, 2.75) is 19.4 Å². The lowest BCUT2D eigenvalue weighted by atomic mass is 10.0. The lowest BCUT2D eigenvalue weighted by molar-refractivity contribution is -0.162. The summed E-state index contributed by atoms with van der Waals surface area (Å²) in [5, 5.41) is 8.59.